The molecule has 1 N–H and O–H groups in total. The van der Waals surface area contributed by atoms with E-state index in [1.54, 1.807) is 18.3 Å². The first-order valence-electron chi connectivity index (χ1n) is 13.2. The van der Waals surface area contributed by atoms with Crippen molar-refractivity contribution in [1.82, 2.24) is 24.7 Å². The van der Waals surface area contributed by atoms with Gasteiger partial charge in [0.2, 0.25) is 11.8 Å². The Balaban J connectivity index is 1.26. The minimum absolute atomic E-state index is 0.0321. The molecule has 0 saturated carbocycles. The van der Waals surface area contributed by atoms with Gasteiger partial charge in [-0.1, -0.05) is 13.8 Å². The van der Waals surface area contributed by atoms with Crippen molar-refractivity contribution in [3.05, 3.63) is 39.6 Å². The van der Waals surface area contributed by atoms with Crippen molar-refractivity contribution >= 4 is 23.2 Å². The molecule has 35 heavy (non-hydrogen) atoms. The summed E-state index contributed by atoms with van der Waals surface area (Å²) in [6, 6.07) is 3.91. The lowest BCUT2D eigenvalue weighted by Crippen LogP contribution is -2.45. The van der Waals surface area contributed by atoms with E-state index in [-0.39, 0.29) is 23.8 Å². The molecule has 5 heterocycles. The molecule has 8 heteroatoms. The molecular formula is C27H39N5O2S. The van der Waals surface area contributed by atoms with Crippen LogP contribution in [-0.4, -0.2) is 56.3 Å². The van der Waals surface area contributed by atoms with E-state index in [0.717, 1.165) is 50.3 Å². The molecule has 2 aromatic heterocycles. The number of piperidine rings is 1. The van der Waals surface area contributed by atoms with E-state index in [1.165, 1.54) is 24.1 Å². The molecule has 7 nitrogen and oxygen atoms in total. The molecule has 0 aliphatic carbocycles. The summed E-state index contributed by atoms with van der Waals surface area (Å²) in [6.07, 6.45) is 6.71. The number of carbonyl (C=O) groups excluding carboxylic acids is 2. The summed E-state index contributed by atoms with van der Waals surface area (Å²) >= 11 is 1.69. The zero-order chi connectivity index (χ0) is 24.7. The summed E-state index contributed by atoms with van der Waals surface area (Å²) in [7, 11) is 0. The highest BCUT2D eigenvalue weighted by Crippen LogP contribution is 2.43. The van der Waals surface area contributed by atoms with Crippen molar-refractivity contribution in [2.24, 2.45) is 5.92 Å². The highest BCUT2D eigenvalue weighted by molar-refractivity contribution is 7.08. The molecule has 190 valence electrons. The Kier molecular flexibility index (Phi) is 7.04. The van der Waals surface area contributed by atoms with Crippen LogP contribution >= 0.6 is 11.3 Å². The van der Waals surface area contributed by atoms with E-state index in [1.807, 2.05) is 18.7 Å². The molecule has 0 radical (unpaired) electrons. The second-order valence-corrected chi connectivity index (χ2v) is 11.7. The summed E-state index contributed by atoms with van der Waals surface area (Å²) in [5.41, 5.74) is 3.68. The average Bonchev–Trinajstić information content (AvgIpc) is 3.51. The zero-order valence-corrected chi connectivity index (χ0v) is 22.3. The number of rotatable bonds is 7. The average molecular weight is 498 g/mol. The highest BCUT2D eigenvalue weighted by atomic mass is 32.1. The summed E-state index contributed by atoms with van der Waals surface area (Å²) in [5.74, 6) is 1.41. The van der Waals surface area contributed by atoms with Crippen LogP contribution in [-0.2, 0) is 22.6 Å². The highest BCUT2D eigenvalue weighted by Gasteiger charge is 2.42. The van der Waals surface area contributed by atoms with E-state index >= 15 is 0 Å². The van der Waals surface area contributed by atoms with Gasteiger partial charge in [0.05, 0.1) is 18.3 Å². The third kappa shape index (κ3) is 4.92. The van der Waals surface area contributed by atoms with Gasteiger partial charge in [0.25, 0.3) is 0 Å². The van der Waals surface area contributed by atoms with Gasteiger partial charge >= 0.3 is 0 Å². The van der Waals surface area contributed by atoms with Gasteiger partial charge in [0.15, 0.2) is 0 Å². The van der Waals surface area contributed by atoms with Crippen LogP contribution in [0.25, 0.3) is 0 Å². The fourth-order valence-electron chi connectivity index (χ4n) is 6.72. The number of hydrogen-bond acceptors (Lipinski definition) is 5. The molecule has 0 aromatic carbocycles. The van der Waals surface area contributed by atoms with Crippen molar-refractivity contribution in [3.63, 3.8) is 0 Å². The van der Waals surface area contributed by atoms with Gasteiger partial charge in [0, 0.05) is 56.2 Å². The molecule has 3 aliphatic rings. The maximum Gasteiger partial charge on any atom is 0.225 e. The second-order valence-electron chi connectivity index (χ2n) is 10.9. The molecule has 0 spiro atoms. The lowest BCUT2D eigenvalue weighted by atomic mass is 9.95. The summed E-state index contributed by atoms with van der Waals surface area (Å²) in [5, 5.41) is 7.41. The minimum Gasteiger partial charge on any atom is -0.349 e. The Morgan fingerprint density at radius 2 is 1.94 bits per heavy atom. The lowest BCUT2D eigenvalue weighted by Gasteiger charge is -2.41. The molecule has 5 rings (SSSR count). The first kappa shape index (κ1) is 24.5. The largest absolute Gasteiger partial charge is 0.349 e. The Morgan fingerprint density at radius 1 is 1.20 bits per heavy atom. The molecule has 2 aromatic rings. The Labute approximate surface area is 212 Å². The fraction of sp³-hybridized carbons (Fsp3) is 0.667. The standard InChI is InChI=1S/C27H39N5O2S/c1-17(2)27(34)30-10-8-26-25(15-30)28-18(3)32(26)23-13-21-5-6-22(14-23)31(21)11-7-24(29-19(4)33)20-9-12-35-16-20/h9,12,16-17,21-24H,5-8,10-11,13-15H2,1-4H3,(H,29,33)/t21-,22+,23+,24-/m0/s1. The van der Waals surface area contributed by atoms with Crippen LogP contribution in [0.15, 0.2) is 16.8 Å². The monoisotopic (exact) mass is 497 g/mol. The molecule has 3 aliphatic heterocycles. The molecule has 0 unspecified atom stereocenters. The Morgan fingerprint density at radius 3 is 2.57 bits per heavy atom. The van der Waals surface area contributed by atoms with Crippen LogP contribution < -0.4 is 5.32 Å². The quantitative estimate of drug-likeness (QED) is 0.622. The summed E-state index contributed by atoms with van der Waals surface area (Å²) in [6.45, 7) is 10.2. The van der Waals surface area contributed by atoms with Crippen LogP contribution in [0.4, 0.5) is 0 Å². The van der Waals surface area contributed by atoms with Crippen molar-refractivity contribution in [2.45, 2.75) is 96.9 Å². The van der Waals surface area contributed by atoms with Crippen LogP contribution in [0.1, 0.15) is 87.7 Å². The number of fused-ring (bicyclic) bond motifs is 3. The van der Waals surface area contributed by atoms with Crippen LogP contribution in [0.5, 0.6) is 0 Å². The van der Waals surface area contributed by atoms with Crippen LogP contribution in [0.2, 0.25) is 0 Å². The SMILES string of the molecule is CC(=O)N[C@@H](CCN1[C@@H]2CC[C@H]1C[C@@H](n1c(C)nc3c1CCN(C(=O)C(C)C)C3)C2)c1ccsc1. The first-order valence-corrected chi connectivity index (χ1v) is 14.2. The van der Waals surface area contributed by atoms with Crippen molar-refractivity contribution < 1.29 is 9.59 Å². The van der Waals surface area contributed by atoms with E-state index in [4.69, 9.17) is 4.98 Å². The number of nitrogens with zero attached hydrogens (tertiary/aromatic N) is 4. The minimum atomic E-state index is 0.0321. The fourth-order valence-corrected chi connectivity index (χ4v) is 7.43. The van der Waals surface area contributed by atoms with Gasteiger partial charge in [-0.3, -0.25) is 14.5 Å². The predicted octanol–water partition coefficient (Wildman–Crippen LogP) is 4.23. The molecule has 2 amide bonds. The summed E-state index contributed by atoms with van der Waals surface area (Å²) < 4.78 is 2.53. The second kappa shape index (κ2) is 10.1. The van der Waals surface area contributed by atoms with Gasteiger partial charge in [-0.25, -0.2) is 4.98 Å². The van der Waals surface area contributed by atoms with Gasteiger partial charge in [0.1, 0.15) is 5.82 Å². The molecule has 2 saturated heterocycles. The number of hydrogen-bond donors (Lipinski definition) is 1. The number of aromatic nitrogens is 2. The molecule has 2 bridgehead atoms. The van der Waals surface area contributed by atoms with Crippen LogP contribution in [0.3, 0.4) is 0 Å². The van der Waals surface area contributed by atoms with Gasteiger partial charge < -0.3 is 14.8 Å². The van der Waals surface area contributed by atoms with E-state index in [2.05, 4.69) is 38.5 Å². The van der Waals surface area contributed by atoms with Gasteiger partial charge in [-0.05, 0) is 61.4 Å². The number of thiophene rings is 1. The number of amides is 2. The molecule has 4 atom stereocenters. The topological polar surface area (TPSA) is 70.5 Å². The number of aryl methyl sites for hydroxylation is 1. The first-order chi connectivity index (χ1) is 16.8. The molecule has 2 fully saturated rings. The van der Waals surface area contributed by atoms with Crippen molar-refractivity contribution in [1.29, 1.82) is 0 Å². The maximum atomic E-state index is 12.5. The van der Waals surface area contributed by atoms with Crippen molar-refractivity contribution in [3.8, 4) is 0 Å². The Bertz CT molecular complexity index is 1050. The number of nitrogens with one attached hydrogen (secondary N) is 1. The van der Waals surface area contributed by atoms with E-state index < -0.39 is 0 Å². The Hall–Kier alpha value is -2.19. The predicted molar refractivity (Wildman–Crippen MR) is 138 cm³/mol. The third-order valence-electron chi connectivity index (χ3n) is 8.26. The van der Waals surface area contributed by atoms with Crippen LogP contribution in [0, 0.1) is 12.8 Å². The zero-order valence-electron chi connectivity index (χ0n) is 21.5. The number of carbonyl (C=O) groups is 2. The third-order valence-corrected chi connectivity index (χ3v) is 8.96. The molecular weight excluding hydrogens is 458 g/mol. The van der Waals surface area contributed by atoms with Crippen molar-refractivity contribution in [2.75, 3.05) is 13.1 Å². The number of imidazole rings is 1. The van der Waals surface area contributed by atoms with Gasteiger partial charge in [-0.2, -0.15) is 11.3 Å². The van der Waals surface area contributed by atoms with Gasteiger partial charge in [-0.15, -0.1) is 0 Å². The van der Waals surface area contributed by atoms with E-state index in [9.17, 15) is 9.59 Å². The maximum absolute atomic E-state index is 12.5. The summed E-state index contributed by atoms with van der Waals surface area (Å²) in [4.78, 5) is 34.0. The normalized spacial score (nSPS) is 25.1. The lowest BCUT2D eigenvalue weighted by molar-refractivity contribution is -0.135. The van der Waals surface area contributed by atoms with E-state index in [0.29, 0.717) is 24.7 Å². The smallest absolute Gasteiger partial charge is 0.225 e.